The molecule has 2 heterocycles. The van der Waals surface area contributed by atoms with Crippen LogP contribution in [0.4, 0.5) is 0 Å². The van der Waals surface area contributed by atoms with Gasteiger partial charge in [0.1, 0.15) is 5.82 Å². The number of hydrogen-bond donors (Lipinski definition) is 1. The van der Waals surface area contributed by atoms with Gasteiger partial charge in [0.15, 0.2) is 17.2 Å². The lowest BCUT2D eigenvalue weighted by Gasteiger charge is -2.25. The summed E-state index contributed by atoms with van der Waals surface area (Å²) in [5.74, 6) is 2.16. The Labute approximate surface area is 189 Å². The molecule has 1 aromatic heterocycles. The number of hydrogen-bond acceptors (Lipinski definition) is 5. The number of rotatable bonds is 6. The first kappa shape index (κ1) is 22.0. The van der Waals surface area contributed by atoms with Crippen molar-refractivity contribution in [2.45, 2.75) is 52.6 Å². The van der Waals surface area contributed by atoms with Crippen molar-refractivity contribution >= 4 is 11.5 Å². The van der Waals surface area contributed by atoms with Gasteiger partial charge in [0.25, 0.3) is 5.91 Å². The number of aryl methyl sites for hydroxylation is 1. The largest absolute Gasteiger partial charge is 0.493 e. The third-order valence-electron chi connectivity index (χ3n) is 6.06. The first-order chi connectivity index (χ1) is 15.3. The van der Waals surface area contributed by atoms with Crippen LogP contribution in [0.15, 0.2) is 30.0 Å². The molecule has 4 rings (SSSR count). The van der Waals surface area contributed by atoms with Gasteiger partial charge in [-0.15, -0.1) is 0 Å². The van der Waals surface area contributed by atoms with Crippen molar-refractivity contribution in [1.29, 1.82) is 0 Å². The van der Waals surface area contributed by atoms with Gasteiger partial charge in [-0.05, 0) is 69.7 Å². The standard InChI is InChI=1S/C25H32N4O3/c1-6-28(4)25(30)23-19-12-9-17-13-21(31-5)22(32-15(2)3)14-20(17)29(19)24(27-23)16-7-10-18(26)11-8-16/h7,10,13-15H,6,8-9,11-12,26H2,1-5H3. The Morgan fingerprint density at radius 1 is 1.19 bits per heavy atom. The van der Waals surface area contributed by atoms with Crippen LogP contribution in [0.5, 0.6) is 11.5 Å². The number of nitrogens with zero attached hydrogens (tertiary/aromatic N) is 3. The number of nitrogens with two attached hydrogens (primary N) is 1. The second-order valence-corrected chi connectivity index (χ2v) is 8.62. The van der Waals surface area contributed by atoms with Crippen molar-refractivity contribution in [1.82, 2.24) is 14.5 Å². The van der Waals surface area contributed by atoms with Crippen LogP contribution in [0.2, 0.25) is 0 Å². The summed E-state index contributed by atoms with van der Waals surface area (Å²) < 4.78 is 13.8. The smallest absolute Gasteiger partial charge is 0.274 e. The number of fused-ring (bicyclic) bond motifs is 3. The predicted molar refractivity (Wildman–Crippen MR) is 125 cm³/mol. The van der Waals surface area contributed by atoms with Crippen molar-refractivity contribution in [3.63, 3.8) is 0 Å². The van der Waals surface area contributed by atoms with Crippen LogP contribution in [-0.4, -0.2) is 47.2 Å². The fraction of sp³-hybridized carbons (Fsp3) is 0.440. The highest BCUT2D eigenvalue weighted by molar-refractivity contribution is 5.94. The fourth-order valence-electron chi connectivity index (χ4n) is 4.25. The van der Waals surface area contributed by atoms with E-state index in [1.165, 1.54) is 0 Å². The van der Waals surface area contributed by atoms with E-state index in [2.05, 4.69) is 4.57 Å². The molecule has 0 spiro atoms. The van der Waals surface area contributed by atoms with Crippen molar-refractivity contribution in [2.75, 3.05) is 20.7 Å². The number of imidazole rings is 1. The normalized spacial score (nSPS) is 14.9. The van der Waals surface area contributed by atoms with Gasteiger partial charge in [0, 0.05) is 25.4 Å². The van der Waals surface area contributed by atoms with Crippen LogP contribution in [-0.2, 0) is 12.8 Å². The van der Waals surface area contributed by atoms with Crippen molar-refractivity contribution in [2.24, 2.45) is 5.73 Å². The lowest BCUT2D eigenvalue weighted by molar-refractivity contribution is 0.0796. The van der Waals surface area contributed by atoms with Crippen LogP contribution >= 0.6 is 0 Å². The first-order valence-electron chi connectivity index (χ1n) is 11.2. The maximum Gasteiger partial charge on any atom is 0.274 e. The summed E-state index contributed by atoms with van der Waals surface area (Å²) in [6.07, 6.45) is 7.08. The van der Waals surface area contributed by atoms with Gasteiger partial charge >= 0.3 is 0 Å². The van der Waals surface area contributed by atoms with Crippen LogP contribution in [0, 0.1) is 0 Å². The summed E-state index contributed by atoms with van der Waals surface area (Å²) >= 11 is 0. The molecule has 1 aromatic carbocycles. The molecule has 32 heavy (non-hydrogen) atoms. The number of carbonyl (C=O) groups is 1. The van der Waals surface area contributed by atoms with E-state index in [1.807, 2.05) is 52.1 Å². The molecule has 1 aliphatic heterocycles. The van der Waals surface area contributed by atoms with Gasteiger partial charge in [-0.1, -0.05) is 6.08 Å². The Bertz CT molecular complexity index is 1110. The molecular weight excluding hydrogens is 404 g/mol. The molecule has 170 valence electrons. The van der Waals surface area contributed by atoms with Gasteiger partial charge in [0.2, 0.25) is 0 Å². The minimum Gasteiger partial charge on any atom is -0.493 e. The van der Waals surface area contributed by atoms with Crippen molar-refractivity contribution < 1.29 is 14.3 Å². The zero-order chi connectivity index (χ0) is 23.0. The SMILES string of the molecule is CCN(C)C(=O)c1nc(C2=CC=C(N)CC2)n2c1CCc1cc(OC)c(OC(C)C)cc1-2. The zero-order valence-electron chi connectivity index (χ0n) is 19.6. The zero-order valence-corrected chi connectivity index (χ0v) is 19.6. The average molecular weight is 437 g/mol. The second kappa shape index (κ2) is 8.73. The third-order valence-corrected chi connectivity index (χ3v) is 6.06. The summed E-state index contributed by atoms with van der Waals surface area (Å²) in [4.78, 5) is 19.8. The molecule has 2 aliphatic rings. The lowest BCUT2D eigenvalue weighted by atomic mass is 9.98. The number of aromatic nitrogens is 2. The second-order valence-electron chi connectivity index (χ2n) is 8.62. The maximum absolute atomic E-state index is 13.2. The molecule has 1 aliphatic carbocycles. The number of benzene rings is 1. The monoisotopic (exact) mass is 436 g/mol. The minimum atomic E-state index is -0.0513. The number of amides is 1. The average Bonchev–Trinajstić information content (AvgIpc) is 3.17. The van der Waals surface area contributed by atoms with Gasteiger partial charge < -0.3 is 20.1 Å². The van der Waals surface area contributed by atoms with E-state index in [0.29, 0.717) is 18.0 Å². The van der Waals surface area contributed by atoms with Crippen LogP contribution in [0.3, 0.4) is 0 Å². The summed E-state index contributed by atoms with van der Waals surface area (Å²) in [5, 5.41) is 0. The van der Waals surface area contributed by atoms with Gasteiger partial charge in [-0.25, -0.2) is 4.98 Å². The molecule has 0 atom stereocenters. The molecule has 7 nitrogen and oxygen atoms in total. The molecule has 0 saturated heterocycles. The topological polar surface area (TPSA) is 82.6 Å². The molecular formula is C25H32N4O3. The molecule has 0 fully saturated rings. The van der Waals surface area contributed by atoms with E-state index in [1.54, 1.807) is 12.0 Å². The Hall–Kier alpha value is -3.22. The lowest BCUT2D eigenvalue weighted by Crippen LogP contribution is -2.28. The van der Waals surface area contributed by atoms with Gasteiger partial charge in [0.05, 0.1) is 24.6 Å². The molecule has 0 saturated carbocycles. The molecule has 0 radical (unpaired) electrons. The summed E-state index contributed by atoms with van der Waals surface area (Å²) in [7, 11) is 3.47. The fourth-order valence-corrected chi connectivity index (χ4v) is 4.25. The Balaban J connectivity index is 1.94. The number of methoxy groups -OCH3 is 1. The number of carbonyl (C=O) groups excluding carboxylic acids is 1. The highest BCUT2D eigenvalue weighted by Gasteiger charge is 2.31. The highest BCUT2D eigenvalue weighted by atomic mass is 16.5. The van der Waals surface area contributed by atoms with Crippen LogP contribution < -0.4 is 15.2 Å². The van der Waals surface area contributed by atoms with Crippen molar-refractivity contribution in [3.05, 3.63) is 52.8 Å². The van der Waals surface area contributed by atoms with E-state index in [0.717, 1.165) is 65.5 Å². The minimum absolute atomic E-state index is 0.0109. The highest BCUT2D eigenvalue weighted by Crippen LogP contribution is 2.40. The van der Waals surface area contributed by atoms with E-state index >= 15 is 0 Å². The Morgan fingerprint density at radius 2 is 1.97 bits per heavy atom. The molecule has 2 N–H and O–H groups in total. The van der Waals surface area contributed by atoms with E-state index in [9.17, 15) is 4.79 Å². The summed E-state index contributed by atoms with van der Waals surface area (Å²) in [5.41, 5.74) is 11.6. The van der Waals surface area contributed by atoms with Crippen LogP contribution in [0.25, 0.3) is 11.3 Å². The maximum atomic E-state index is 13.2. The molecule has 0 unspecified atom stereocenters. The molecule has 0 bridgehead atoms. The summed E-state index contributed by atoms with van der Waals surface area (Å²) in [6.45, 7) is 6.58. The number of ether oxygens (including phenoxy) is 2. The van der Waals surface area contributed by atoms with Gasteiger partial charge in [-0.3, -0.25) is 9.36 Å². The quantitative estimate of drug-likeness (QED) is 0.743. The number of allylic oxidation sites excluding steroid dienone is 4. The molecule has 2 aromatic rings. The predicted octanol–water partition coefficient (Wildman–Crippen LogP) is 3.88. The first-order valence-corrected chi connectivity index (χ1v) is 11.2. The summed E-state index contributed by atoms with van der Waals surface area (Å²) in [6, 6.07) is 4.07. The van der Waals surface area contributed by atoms with E-state index in [-0.39, 0.29) is 12.0 Å². The van der Waals surface area contributed by atoms with E-state index in [4.69, 9.17) is 20.2 Å². The third kappa shape index (κ3) is 3.87. The van der Waals surface area contributed by atoms with Crippen LogP contribution in [0.1, 0.15) is 61.2 Å². The van der Waals surface area contributed by atoms with E-state index < -0.39 is 0 Å². The van der Waals surface area contributed by atoms with Crippen molar-refractivity contribution in [3.8, 4) is 17.2 Å². The molecule has 1 amide bonds. The van der Waals surface area contributed by atoms with Gasteiger partial charge in [-0.2, -0.15) is 0 Å². The Morgan fingerprint density at radius 3 is 2.59 bits per heavy atom. The molecule has 7 heteroatoms. The Kier molecular flexibility index (Phi) is 6.00.